The highest BCUT2D eigenvalue weighted by atomic mass is 32.1. The number of nitrogens with one attached hydrogen (secondary N) is 1. The second-order valence-corrected chi connectivity index (χ2v) is 8.19. The van der Waals surface area contributed by atoms with E-state index in [9.17, 15) is 0 Å². The maximum atomic E-state index is 5.95. The van der Waals surface area contributed by atoms with Crippen LogP contribution in [0.25, 0.3) is 10.2 Å². The molecule has 1 aliphatic heterocycles. The van der Waals surface area contributed by atoms with Crippen molar-refractivity contribution in [3.8, 4) is 0 Å². The molecule has 0 amide bonds. The van der Waals surface area contributed by atoms with Crippen LogP contribution in [-0.2, 0) is 17.8 Å². The first-order valence-electron chi connectivity index (χ1n) is 8.28. The molecule has 0 radical (unpaired) electrons. The van der Waals surface area contributed by atoms with Gasteiger partial charge in [0, 0.05) is 17.3 Å². The fraction of sp³-hybridized carbons (Fsp3) is 0.647. The zero-order valence-corrected chi connectivity index (χ0v) is 14.1. The van der Waals surface area contributed by atoms with Gasteiger partial charge in [0.25, 0.3) is 0 Å². The SMILES string of the molecule is CC1(C)Cc2c(sc3ncnc(NC4CCCCC4)c23)CO1. The zero-order chi connectivity index (χ0) is 15.2. The molecule has 118 valence electrons. The minimum absolute atomic E-state index is 0.0983. The summed E-state index contributed by atoms with van der Waals surface area (Å²) in [7, 11) is 0. The quantitative estimate of drug-likeness (QED) is 0.897. The fourth-order valence-corrected chi connectivity index (χ4v) is 4.70. The first kappa shape index (κ1) is 14.4. The molecule has 0 aromatic carbocycles. The summed E-state index contributed by atoms with van der Waals surface area (Å²) in [5.41, 5.74) is 1.30. The number of hydrogen-bond acceptors (Lipinski definition) is 5. The summed E-state index contributed by atoms with van der Waals surface area (Å²) in [5, 5.41) is 4.94. The molecule has 5 heteroatoms. The van der Waals surface area contributed by atoms with Gasteiger partial charge in [-0.2, -0.15) is 0 Å². The third-order valence-electron chi connectivity index (χ3n) is 4.81. The van der Waals surface area contributed by atoms with E-state index >= 15 is 0 Å². The molecular weight excluding hydrogens is 294 g/mol. The van der Waals surface area contributed by atoms with Gasteiger partial charge in [-0.15, -0.1) is 11.3 Å². The van der Waals surface area contributed by atoms with Crippen molar-refractivity contribution in [1.29, 1.82) is 0 Å². The Labute approximate surface area is 135 Å². The highest BCUT2D eigenvalue weighted by Gasteiger charge is 2.31. The van der Waals surface area contributed by atoms with Crippen LogP contribution in [0, 0.1) is 0 Å². The van der Waals surface area contributed by atoms with Crippen LogP contribution >= 0.6 is 11.3 Å². The first-order chi connectivity index (χ1) is 10.6. The van der Waals surface area contributed by atoms with Crippen molar-refractivity contribution < 1.29 is 4.74 Å². The van der Waals surface area contributed by atoms with Gasteiger partial charge in [-0.3, -0.25) is 0 Å². The first-order valence-corrected chi connectivity index (χ1v) is 9.10. The average Bonchev–Trinajstić information content (AvgIpc) is 2.86. The summed E-state index contributed by atoms with van der Waals surface area (Å²) in [6.45, 7) is 5.03. The third kappa shape index (κ3) is 2.61. The number of thiophene rings is 1. The van der Waals surface area contributed by atoms with Crippen LogP contribution in [0.3, 0.4) is 0 Å². The van der Waals surface area contributed by atoms with Crippen molar-refractivity contribution in [2.24, 2.45) is 0 Å². The van der Waals surface area contributed by atoms with E-state index < -0.39 is 0 Å². The summed E-state index contributed by atoms with van der Waals surface area (Å²) in [6.07, 6.45) is 9.18. The molecule has 4 nitrogen and oxygen atoms in total. The van der Waals surface area contributed by atoms with Crippen molar-refractivity contribution in [2.75, 3.05) is 5.32 Å². The minimum Gasteiger partial charge on any atom is -0.370 e. The Morgan fingerprint density at radius 3 is 2.86 bits per heavy atom. The normalized spacial score (nSPS) is 21.7. The molecule has 0 bridgehead atoms. The smallest absolute Gasteiger partial charge is 0.138 e. The van der Waals surface area contributed by atoms with Crippen molar-refractivity contribution in [3.05, 3.63) is 16.8 Å². The summed E-state index contributed by atoms with van der Waals surface area (Å²) in [5.74, 6) is 1.03. The van der Waals surface area contributed by atoms with Crippen molar-refractivity contribution >= 4 is 27.4 Å². The predicted molar refractivity (Wildman–Crippen MR) is 90.5 cm³/mol. The Balaban J connectivity index is 1.74. The van der Waals surface area contributed by atoms with Gasteiger partial charge >= 0.3 is 0 Å². The number of anilines is 1. The monoisotopic (exact) mass is 317 g/mol. The molecule has 1 saturated carbocycles. The molecular formula is C17H23N3OS. The van der Waals surface area contributed by atoms with Gasteiger partial charge in [0.05, 0.1) is 17.6 Å². The van der Waals surface area contributed by atoms with E-state index in [1.54, 1.807) is 17.7 Å². The Kier molecular flexibility index (Phi) is 3.57. The standard InChI is InChI=1S/C17H23N3OS/c1-17(2)8-12-13(9-21-17)22-16-14(12)15(18-10-19-16)20-11-6-4-3-5-7-11/h10-11H,3-9H2,1-2H3,(H,18,19,20). The van der Waals surface area contributed by atoms with Gasteiger partial charge in [-0.05, 0) is 32.3 Å². The number of nitrogens with zero attached hydrogens (tertiary/aromatic N) is 2. The number of aromatic nitrogens is 2. The molecule has 3 heterocycles. The van der Waals surface area contributed by atoms with E-state index in [-0.39, 0.29) is 5.60 Å². The van der Waals surface area contributed by atoms with Gasteiger partial charge in [-0.25, -0.2) is 9.97 Å². The summed E-state index contributed by atoms with van der Waals surface area (Å²) >= 11 is 1.76. The molecule has 1 aliphatic carbocycles. The third-order valence-corrected chi connectivity index (χ3v) is 5.93. The van der Waals surface area contributed by atoms with Crippen LogP contribution in [0.4, 0.5) is 5.82 Å². The van der Waals surface area contributed by atoms with E-state index in [1.165, 1.54) is 47.9 Å². The highest BCUT2D eigenvalue weighted by Crippen LogP contribution is 2.40. The van der Waals surface area contributed by atoms with Crippen LogP contribution in [-0.4, -0.2) is 21.6 Å². The van der Waals surface area contributed by atoms with Gasteiger partial charge in [-0.1, -0.05) is 19.3 Å². The molecule has 1 N–H and O–H groups in total. The lowest BCUT2D eigenvalue weighted by Gasteiger charge is -2.30. The topological polar surface area (TPSA) is 47.0 Å². The van der Waals surface area contributed by atoms with Crippen LogP contribution in [0.1, 0.15) is 56.4 Å². The summed E-state index contributed by atoms with van der Waals surface area (Å²) in [6, 6.07) is 0.565. The zero-order valence-electron chi connectivity index (χ0n) is 13.3. The second kappa shape index (κ2) is 5.46. The lowest BCUT2D eigenvalue weighted by atomic mass is 9.93. The maximum Gasteiger partial charge on any atom is 0.138 e. The van der Waals surface area contributed by atoms with E-state index in [0.29, 0.717) is 12.6 Å². The average molecular weight is 317 g/mol. The van der Waals surface area contributed by atoms with Gasteiger partial charge < -0.3 is 10.1 Å². The molecule has 0 atom stereocenters. The summed E-state index contributed by atoms with van der Waals surface area (Å²) in [4.78, 5) is 11.5. The largest absolute Gasteiger partial charge is 0.370 e. The van der Waals surface area contributed by atoms with Gasteiger partial charge in [0.1, 0.15) is 17.0 Å². The second-order valence-electron chi connectivity index (χ2n) is 7.11. The molecule has 0 spiro atoms. The van der Waals surface area contributed by atoms with E-state index in [2.05, 4.69) is 29.1 Å². The molecule has 22 heavy (non-hydrogen) atoms. The Morgan fingerprint density at radius 1 is 1.23 bits per heavy atom. The van der Waals surface area contributed by atoms with Crippen LogP contribution in [0.2, 0.25) is 0 Å². The van der Waals surface area contributed by atoms with Crippen LogP contribution in [0.5, 0.6) is 0 Å². The van der Waals surface area contributed by atoms with E-state index in [0.717, 1.165) is 17.1 Å². The molecule has 2 aromatic heterocycles. The highest BCUT2D eigenvalue weighted by molar-refractivity contribution is 7.18. The molecule has 4 rings (SSSR count). The van der Waals surface area contributed by atoms with Crippen molar-refractivity contribution in [2.45, 2.75) is 70.6 Å². The van der Waals surface area contributed by atoms with Crippen LogP contribution < -0.4 is 5.32 Å². The number of rotatable bonds is 2. The van der Waals surface area contributed by atoms with Crippen molar-refractivity contribution in [1.82, 2.24) is 9.97 Å². The molecule has 1 fully saturated rings. The van der Waals surface area contributed by atoms with Crippen LogP contribution in [0.15, 0.2) is 6.33 Å². The number of hydrogen-bond donors (Lipinski definition) is 1. The lowest BCUT2D eigenvalue weighted by Crippen LogP contribution is -2.31. The Hall–Kier alpha value is -1.20. The molecule has 0 saturated heterocycles. The van der Waals surface area contributed by atoms with Crippen molar-refractivity contribution in [3.63, 3.8) is 0 Å². The number of ether oxygens (including phenoxy) is 1. The summed E-state index contributed by atoms with van der Waals surface area (Å²) < 4.78 is 5.95. The molecule has 2 aliphatic rings. The van der Waals surface area contributed by atoms with E-state index in [1.807, 2.05) is 0 Å². The predicted octanol–water partition coefficient (Wildman–Crippen LogP) is 4.29. The van der Waals surface area contributed by atoms with E-state index in [4.69, 9.17) is 4.74 Å². The Bertz CT molecular complexity index is 689. The Morgan fingerprint density at radius 2 is 2.05 bits per heavy atom. The molecule has 0 unspecified atom stereocenters. The van der Waals surface area contributed by atoms with Gasteiger partial charge in [0.2, 0.25) is 0 Å². The maximum absolute atomic E-state index is 5.95. The number of fused-ring (bicyclic) bond motifs is 3. The fourth-order valence-electron chi connectivity index (χ4n) is 3.63. The minimum atomic E-state index is -0.0983. The lowest BCUT2D eigenvalue weighted by molar-refractivity contribution is -0.0379. The van der Waals surface area contributed by atoms with Gasteiger partial charge in [0.15, 0.2) is 0 Å². The molecule has 2 aromatic rings.